The van der Waals surface area contributed by atoms with Crippen LogP contribution in [0, 0.1) is 0 Å². The first-order valence-electron chi connectivity index (χ1n) is 3.91. The van der Waals surface area contributed by atoms with Crippen LogP contribution in [0.15, 0.2) is 6.20 Å². The number of ether oxygens (including phenoxy) is 1. The molecule has 0 saturated carbocycles. The lowest BCUT2D eigenvalue weighted by molar-refractivity contribution is 0.149. The SMILES string of the molecule is COc1ncc(C(F)F)c(CN)c1N. The van der Waals surface area contributed by atoms with Gasteiger partial charge in [-0.05, 0) is 0 Å². The van der Waals surface area contributed by atoms with E-state index in [-0.39, 0.29) is 29.2 Å². The highest BCUT2D eigenvalue weighted by Gasteiger charge is 2.17. The molecule has 0 amide bonds. The van der Waals surface area contributed by atoms with Crippen LogP contribution in [0.25, 0.3) is 0 Å². The van der Waals surface area contributed by atoms with Gasteiger partial charge in [-0.15, -0.1) is 0 Å². The van der Waals surface area contributed by atoms with E-state index in [1.165, 1.54) is 7.11 Å². The third-order valence-electron chi connectivity index (χ3n) is 1.86. The van der Waals surface area contributed by atoms with Gasteiger partial charge in [-0.1, -0.05) is 0 Å². The normalized spacial score (nSPS) is 10.6. The van der Waals surface area contributed by atoms with E-state index in [2.05, 4.69) is 4.98 Å². The van der Waals surface area contributed by atoms with Crippen LogP contribution < -0.4 is 16.2 Å². The first kappa shape index (κ1) is 10.6. The number of aromatic nitrogens is 1. The fraction of sp³-hybridized carbons (Fsp3) is 0.375. The number of anilines is 1. The van der Waals surface area contributed by atoms with Crippen molar-refractivity contribution in [3.8, 4) is 5.88 Å². The highest BCUT2D eigenvalue weighted by Crippen LogP contribution is 2.30. The second-order valence-electron chi connectivity index (χ2n) is 2.62. The summed E-state index contributed by atoms with van der Waals surface area (Å²) in [6.07, 6.45) is -1.60. The third kappa shape index (κ3) is 1.74. The molecule has 0 aliphatic rings. The Kier molecular flexibility index (Phi) is 3.19. The van der Waals surface area contributed by atoms with Gasteiger partial charge in [-0.3, -0.25) is 0 Å². The number of rotatable bonds is 3. The number of hydrogen-bond donors (Lipinski definition) is 2. The number of pyridine rings is 1. The molecule has 0 aliphatic heterocycles. The molecule has 0 aliphatic carbocycles. The Labute approximate surface area is 79.9 Å². The van der Waals surface area contributed by atoms with Crippen LogP contribution in [0.1, 0.15) is 17.6 Å². The number of nitrogens with zero attached hydrogens (tertiary/aromatic N) is 1. The Morgan fingerprint density at radius 1 is 1.57 bits per heavy atom. The maximum atomic E-state index is 12.4. The number of halogens is 2. The Hall–Kier alpha value is -1.43. The summed E-state index contributed by atoms with van der Waals surface area (Å²) in [5.74, 6) is 0.120. The summed E-state index contributed by atoms with van der Waals surface area (Å²) in [6, 6.07) is 0. The van der Waals surface area contributed by atoms with Crippen LogP contribution in [0.2, 0.25) is 0 Å². The number of alkyl halides is 2. The summed E-state index contributed by atoms with van der Waals surface area (Å²) < 4.78 is 29.7. The Morgan fingerprint density at radius 3 is 2.64 bits per heavy atom. The number of nitrogens with two attached hydrogens (primary N) is 2. The molecular weight excluding hydrogens is 192 g/mol. The molecule has 0 spiro atoms. The molecule has 0 saturated heterocycles. The molecule has 1 rings (SSSR count). The zero-order valence-corrected chi connectivity index (χ0v) is 7.63. The fourth-order valence-electron chi connectivity index (χ4n) is 1.14. The van der Waals surface area contributed by atoms with E-state index < -0.39 is 6.43 Å². The smallest absolute Gasteiger partial charge is 0.265 e. The predicted octanol–water partition coefficient (Wildman–Crippen LogP) is 1.07. The Balaban J connectivity index is 3.28. The van der Waals surface area contributed by atoms with E-state index in [1.54, 1.807) is 0 Å². The highest BCUT2D eigenvalue weighted by atomic mass is 19.3. The number of methoxy groups -OCH3 is 1. The van der Waals surface area contributed by atoms with Gasteiger partial charge in [0.25, 0.3) is 6.43 Å². The molecule has 4 N–H and O–H groups in total. The minimum atomic E-state index is -2.63. The number of nitrogen functional groups attached to an aromatic ring is 1. The summed E-state index contributed by atoms with van der Waals surface area (Å²) in [7, 11) is 1.36. The van der Waals surface area contributed by atoms with Crippen molar-refractivity contribution in [3.63, 3.8) is 0 Å². The van der Waals surface area contributed by atoms with Crippen LogP contribution in [-0.4, -0.2) is 12.1 Å². The third-order valence-corrected chi connectivity index (χ3v) is 1.86. The lowest BCUT2D eigenvalue weighted by Gasteiger charge is -2.11. The lowest BCUT2D eigenvalue weighted by atomic mass is 10.1. The monoisotopic (exact) mass is 203 g/mol. The summed E-state index contributed by atoms with van der Waals surface area (Å²) in [4.78, 5) is 3.64. The largest absolute Gasteiger partial charge is 0.480 e. The van der Waals surface area contributed by atoms with E-state index in [0.29, 0.717) is 0 Å². The quantitative estimate of drug-likeness (QED) is 0.770. The van der Waals surface area contributed by atoms with Crippen LogP contribution in [0.3, 0.4) is 0 Å². The van der Waals surface area contributed by atoms with Crippen molar-refractivity contribution in [1.82, 2.24) is 4.98 Å². The number of hydrogen-bond acceptors (Lipinski definition) is 4. The summed E-state index contributed by atoms with van der Waals surface area (Å²) >= 11 is 0. The molecule has 14 heavy (non-hydrogen) atoms. The van der Waals surface area contributed by atoms with E-state index in [9.17, 15) is 8.78 Å². The zero-order valence-electron chi connectivity index (χ0n) is 7.63. The van der Waals surface area contributed by atoms with Crippen molar-refractivity contribution < 1.29 is 13.5 Å². The average Bonchev–Trinajstić information content (AvgIpc) is 2.17. The molecule has 0 fully saturated rings. The topological polar surface area (TPSA) is 74.2 Å². The Bertz CT molecular complexity index is 331. The summed E-state index contributed by atoms with van der Waals surface area (Å²) in [6.45, 7) is -0.0651. The van der Waals surface area contributed by atoms with Gasteiger partial charge in [0.15, 0.2) is 0 Å². The van der Waals surface area contributed by atoms with E-state index in [4.69, 9.17) is 16.2 Å². The average molecular weight is 203 g/mol. The van der Waals surface area contributed by atoms with Crippen LogP contribution in [-0.2, 0) is 6.54 Å². The van der Waals surface area contributed by atoms with Crippen molar-refractivity contribution in [2.24, 2.45) is 5.73 Å². The first-order valence-corrected chi connectivity index (χ1v) is 3.91. The summed E-state index contributed by atoms with van der Waals surface area (Å²) in [5, 5.41) is 0. The van der Waals surface area contributed by atoms with E-state index in [0.717, 1.165) is 6.20 Å². The molecule has 0 radical (unpaired) electrons. The van der Waals surface area contributed by atoms with Crippen LogP contribution in [0.4, 0.5) is 14.5 Å². The second kappa shape index (κ2) is 4.19. The van der Waals surface area contributed by atoms with Crippen molar-refractivity contribution in [2.45, 2.75) is 13.0 Å². The van der Waals surface area contributed by atoms with Crippen molar-refractivity contribution >= 4 is 5.69 Å². The minimum Gasteiger partial charge on any atom is -0.480 e. The fourth-order valence-corrected chi connectivity index (χ4v) is 1.14. The summed E-state index contributed by atoms with van der Waals surface area (Å²) in [5.41, 5.74) is 10.9. The molecule has 1 aromatic heterocycles. The van der Waals surface area contributed by atoms with E-state index >= 15 is 0 Å². The maximum Gasteiger partial charge on any atom is 0.265 e. The lowest BCUT2D eigenvalue weighted by Crippen LogP contribution is -2.09. The van der Waals surface area contributed by atoms with Gasteiger partial charge in [0, 0.05) is 23.9 Å². The van der Waals surface area contributed by atoms with E-state index in [1.807, 2.05) is 0 Å². The van der Waals surface area contributed by atoms with Crippen LogP contribution >= 0.6 is 0 Å². The molecular formula is C8H11F2N3O. The van der Waals surface area contributed by atoms with Gasteiger partial charge >= 0.3 is 0 Å². The molecule has 0 bridgehead atoms. The molecule has 78 valence electrons. The second-order valence-corrected chi connectivity index (χ2v) is 2.62. The molecule has 0 aromatic carbocycles. The minimum absolute atomic E-state index is 0.0651. The molecule has 0 unspecified atom stereocenters. The van der Waals surface area contributed by atoms with Gasteiger partial charge in [0.05, 0.1) is 12.8 Å². The van der Waals surface area contributed by atoms with Crippen molar-refractivity contribution in [2.75, 3.05) is 12.8 Å². The highest BCUT2D eigenvalue weighted by molar-refractivity contribution is 5.57. The maximum absolute atomic E-state index is 12.4. The van der Waals surface area contributed by atoms with Gasteiger partial charge in [-0.2, -0.15) is 0 Å². The standard InChI is InChI=1S/C8H11F2N3O/c1-14-8-6(12)4(2-11)5(3-13-8)7(9)10/h3,7H,2,11-12H2,1H3. The molecule has 1 heterocycles. The molecule has 6 heteroatoms. The van der Waals surface area contributed by atoms with Gasteiger partial charge in [-0.25, -0.2) is 13.8 Å². The van der Waals surface area contributed by atoms with Crippen molar-refractivity contribution in [1.29, 1.82) is 0 Å². The predicted molar refractivity (Wildman–Crippen MR) is 48.0 cm³/mol. The van der Waals surface area contributed by atoms with Gasteiger partial charge in [0.2, 0.25) is 5.88 Å². The first-order chi connectivity index (χ1) is 6.61. The Morgan fingerprint density at radius 2 is 2.21 bits per heavy atom. The molecule has 4 nitrogen and oxygen atoms in total. The van der Waals surface area contributed by atoms with Gasteiger partial charge in [0.1, 0.15) is 0 Å². The molecule has 0 atom stereocenters. The molecule has 1 aromatic rings. The van der Waals surface area contributed by atoms with Crippen molar-refractivity contribution in [3.05, 3.63) is 17.3 Å². The zero-order chi connectivity index (χ0) is 10.7. The van der Waals surface area contributed by atoms with Crippen LogP contribution in [0.5, 0.6) is 5.88 Å². The van der Waals surface area contributed by atoms with Gasteiger partial charge < -0.3 is 16.2 Å².